The minimum atomic E-state index is -0.940. The largest absolute Gasteiger partial charge is 0.444 e. The summed E-state index contributed by atoms with van der Waals surface area (Å²) in [4.78, 5) is 46.5. The first-order chi connectivity index (χ1) is 23.0. The highest BCUT2D eigenvalue weighted by atomic mass is 19.1. The number of hydrogen-bond acceptors (Lipinski definition) is 10. The van der Waals surface area contributed by atoms with E-state index in [0.29, 0.717) is 18.8 Å². The number of amides is 3. The van der Waals surface area contributed by atoms with Gasteiger partial charge < -0.3 is 23.6 Å². The van der Waals surface area contributed by atoms with Gasteiger partial charge in [-0.3, -0.25) is 14.8 Å². The summed E-state index contributed by atoms with van der Waals surface area (Å²) >= 11 is 0. The summed E-state index contributed by atoms with van der Waals surface area (Å²) in [6.45, 7) is 10.9. The number of anilines is 2. The van der Waals surface area contributed by atoms with Gasteiger partial charge in [0, 0.05) is 42.8 Å². The van der Waals surface area contributed by atoms with Crippen molar-refractivity contribution < 1.29 is 41.9 Å². The average molecular weight is 679 g/mol. The van der Waals surface area contributed by atoms with E-state index in [1.807, 2.05) is 0 Å². The van der Waals surface area contributed by atoms with E-state index in [1.165, 1.54) is 24.6 Å². The minimum absolute atomic E-state index is 0.0788. The van der Waals surface area contributed by atoms with Gasteiger partial charge in [0.2, 0.25) is 0 Å². The van der Waals surface area contributed by atoms with Crippen molar-refractivity contribution in [2.45, 2.75) is 64.3 Å². The van der Waals surface area contributed by atoms with E-state index in [1.54, 1.807) is 52.5 Å². The highest BCUT2D eigenvalue weighted by molar-refractivity contribution is 5.91. The van der Waals surface area contributed by atoms with Gasteiger partial charge in [0.15, 0.2) is 5.82 Å². The maximum atomic E-state index is 15.5. The number of benzene rings is 1. The summed E-state index contributed by atoms with van der Waals surface area (Å²) in [6, 6.07) is 8.93. The van der Waals surface area contributed by atoms with Crippen molar-refractivity contribution in [3.8, 4) is 17.2 Å². The van der Waals surface area contributed by atoms with Crippen molar-refractivity contribution in [3.05, 3.63) is 60.1 Å². The first-order valence-corrected chi connectivity index (χ1v) is 15.7. The second-order valence-corrected chi connectivity index (χ2v) is 14.4. The van der Waals surface area contributed by atoms with Crippen LogP contribution in [0.2, 0.25) is 0 Å². The predicted octanol–water partition coefficient (Wildman–Crippen LogP) is 6.04. The lowest BCUT2D eigenvalue weighted by molar-refractivity contribution is 0.0265. The fourth-order valence-electron chi connectivity index (χ4n) is 6.44. The molecule has 3 amide bonds. The summed E-state index contributed by atoms with van der Waals surface area (Å²) in [7, 11) is 0. The van der Waals surface area contributed by atoms with E-state index < -0.39 is 52.6 Å². The SMILES string of the molecule is CC(C)(C)OC(=O)N1C[C@@H]2[C@H](C1)[C@@]2(C#N)c1ccc(-c2c(F)cc(N3C[C@H](CN(C(=O)OC(C)(C)C)c4ccon4)OC3=O)cc2F)cn1. The van der Waals surface area contributed by atoms with Gasteiger partial charge in [-0.25, -0.2) is 23.2 Å². The molecule has 1 aromatic carbocycles. The molecular formula is C34H36F2N6O7. The molecule has 2 saturated heterocycles. The molecule has 13 nitrogen and oxygen atoms in total. The minimum Gasteiger partial charge on any atom is -0.444 e. The third-order valence-electron chi connectivity index (χ3n) is 8.61. The van der Waals surface area contributed by atoms with Crippen molar-refractivity contribution in [1.29, 1.82) is 5.26 Å². The van der Waals surface area contributed by atoms with E-state index in [4.69, 9.17) is 18.7 Å². The molecule has 6 rings (SSSR count). The summed E-state index contributed by atoms with van der Waals surface area (Å²) < 4.78 is 52.3. The summed E-state index contributed by atoms with van der Waals surface area (Å²) in [5.74, 6) is -2.01. The van der Waals surface area contributed by atoms with Gasteiger partial charge in [-0.1, -0.05) is 11.2 Å². The van der Waals surface area contributed by atoms with Crippen molar-refractivity contribution in [2.75, 3.05) is 36.0 Å². The fourth-order valence-corrected chi connectivity index (χ4v) is 6.44. The van der Waals surface area contributed by atoms with Gasteiger partial charge in [-0.05, 0) is 59.7 Å². The zero-order valence-electron chi connectivity index (χ0n) is 27.9. The van der Waals surface area contributed by atoms with Gasteiger partial charge >= 0.3 is 18.3 Å². The number of pyridine rings is 1. The summed E-state index contributed by atoms with van der Waals surface area (Å²) in [5, 5.41) is 13.9. The van der Waals surface area contributed by atoms with Crippen molar-refractivity contribution in [2.24, 2.45) is 11.8 Å². The fraction of sp³-hybridized carbons (Fsp3) is 0.471. The van der Waals surface area contributed by atoms with Crippen LogP contribution in [0.3, 0.4) is 0 Å². The van der Waals surface area contributed by atoms with E-state index in [9.17, 15) is 19.6 Å². The first kappa shape index (κ1) is 33.6. The third-order valence-corrected chi connectivity index (χ3v) is 8.61. The number of nitriles is 1. The molecule has 0 spiro atoms. The van der Waals surface area contributed by atoms with Gasteiger partial charge in [0.05, 0.1) is 36.1 Å². The molecule has 258 valence electrons. The molecule has 1 saturated carbocycles. The molecule has 3 aliphatic rings. The number of hydrogen-bond donors (Lipinski definition) is 0. The van der Waals surface area contributed by atoms with Crippen LogP contribution in [0.5, 0.6) is 0 Å². The first-order valence-electron chi connectivity index (χ1n) is 15.7. The Bertz CT molecular complexity index is 1780. The molecule has 2 aliphatic heterocycles. The van der Waals surface area contributed by atoms with Gasteiger partial charge in [-0.2, -0.15) is 5.26 Å². The third kappa shape index (κ3) is 6.47. The molecule has 0 radical (unpaired) electrons. The number of nitrogens with zero attached hydrogens (tertiary/aromatic N) is 6. The average Bonchev–Trinajstić information content (AvgIpc) is 3.52. The molecule has 49 heavy (non-hydrogen) atoms. The lowest BCUT2D eigenvalue weighted by Crippen LogP contribution is -2.42. The van der Waals surface area contributed by atoms with Crippen molar-refractivity contribution in [1.82, 2.24) is 15.0 Å². The second kappa shape index (κ2) is 12.0. The van der Waals surface area contributed by atoms with Crippen molar-refractivity contribution in [3.63, 3.8) is 0 Å². The van der Waals surface area contributed by atoms with Crippen LogP contribution in [-0.4, -0.2) is 76.8 Å². The maximum Gasteiger partial charge on any atom is 0.416 e. The van der Waals surface area contributed by atoms with E-state index in [-0.39, 0.29) is 47.6 Å². The monoisotopic (exact) mass is 678 g/mol. The Kier molecular flexibility index (Phi) is 8.24. The topological polar surface area (TPSA) is 151 Å². The number of halogens is 2. The Hall–Kier alpha value is -5.26. The molecule has 4 heterocycles. The standard InChI is InChI=1S/C34H36F2N6O7/c1-32(2,3)48-29(43)40-16-22-23(17-40)34(22,18-37)26-8-7-19(13-38-26)28-24(35)11-20(12-25(28)36)41-14-21(47-30(41)44)15-42(27-9-10-46-39-27)31(45)49-33(4,5)6/h7-13,21-23H,14-17H2,1-6H3/t21-,22-,23+,34+/m1/s1. The number of carbonyl (C=O) groups is 3. The summed E-state index contributed by atoms with van der Waals surface area (Å²) in [6.07, 6.45) is -0.333. The highest BCUT2D eigenvalue weighted by Gasteiger charge is 2.71. The molecule has 0 N–H and O–H groups in total. The quantitative estimate of drug-likeness (QED) is 0.282. The summed E-state index contributed by atoms with van der Waals surface area (Å²) in [5.41, 5.74) is -2.19. The van der Waals surface area contributed by atoms with Crippen LogP contribution in [0.1, 0.15) is 47.2 Å². The predicted molar refractivity (Wildman–Crippen MR) is 169 cm³/mol. The molecule has 0 bridgehead atoms. The Morgan fingerprint density at radius 2 is 1.69 bits per heavy atom. The van der Waals surface area contributed by atoms with E-state index in [0.717, 1.165) is 21.9 Å². The van der Waals surface area contributed by atoms with Crippen LogP contribution >= 0.6 is 0 Å². The molecule has 1 aliphatic carbocycles. The Morgan fingerprint density at radius 1 is 1.04 bits per heavy atom. The Balaban J connectivity index is 1.15. The second-order valence-electron chi connectivity index (χ2n) is 14.4. The van der Waals surface area contributed by atoms with Crippen LogP contribution in [0.25, 0.3) is 11.1 Å². The maximum absolute atomic E-state index is 15.5. The van der Waals surface area contributed by atoms with Crippen LogP contribution < -0.4 is 9.80 Å². The van der Waals surface area contributed by atoms with Crippen LogP contribution in [0.15, 0.2) is 47.3 Å². The van der Waals surface area contributed by atoms with Crippen LogP contribution in [0.4, 0.5) is 34.7 Å². The van der Waals surface area contributed by atoms with Gasteiger partial charge in [0.25, 0.3) is 0 Å². The zero-order chi connectivity index (χ0) is 35.5. The van der Waals surface area contributed by atoms with Crippen LogP contribution in [0, 0.1) is 34.8 Å². The van der Waals surface area contributed by atoms with Crippen molar-refractivity contribution >= 4 is 29.8 Å². The lowest BCUT2D eigenvalue weighted by Gasteiger charge is -2.27. The Labute approximate surface area is 281 Å². The number of likely N-dealkylation sites (tertiary alicyclic amines) is 1. The normalized spacial score (nSPS) is 23.1. The number of piperidine rings is 1. The number of aromatic nitrogens is 2. The molecule has 3 fully saturated rings. The number of ether oxygens (including phenoxy) is 3. The zero-order valence-corrected chi connectivity index (χ0v) is 27.9. The smallest absolute Gasteiger partial charge is 0.416 e. The number of rotatable bonds is 6. The van der Waals surface area contributed by atoms with Gasteiger partial charge in [0.1, 0.15) is 40.6 Å². The molecule has 4 atom stereocenters. The number of cyclic esters (lactones) is 1. The van der Waals surface area contributed by atoms with Crippen LogP contribution in [-0.2, 0) is 19.6 Å². The molecule has 15 heteroatoms. The highest BCUT2D eigenvalue weighted by Crippen LogP contribution is 2.63. The lowest BCUT2D eigenvalue weighted by atomic mass is 9.95. The Morgan fingerprint density at radius 3 is 2.22 bits per heavy atom. The molecule has 3 aromatic rings. The van der Waals surface area contributed by atoms with Gasteiger partial charge in [-0.15, -0.1) is 0 Å². The van der Waals surface area contributed by atoms with E-state index >= 15 is 8.78 Å². The molecule has 0 unspecified atom stereocenters. The number of carbonyl (C=O) groups excluding carboxylic acids is 3. The molecule has 2 aromatic heterocycles. The number of fused-ring (bicyclic) bond motifs is 1. The molecular weight excluding hydrogens is 642 g/mol. The van der Waals surface area contributed by atoms with E-state index in [2.05, 4.69) is 16.2 Å².